The van der Waals surface area contributed by atoms with Crippen molar-refractivity contribution >= 4 is 25.8 Å². The summed E-state index contributed by atoms with van der Waals surface area (Å²) >= 11 is 3.44. The Hall–Kier alpha value is -1.03. The van der Waals surface area contributed by atoms with E-state index in [1.807, 2.05) is 18.2 Å². The molecule has 2 rings (SSSR count). The molecule has 21 heavy (non-hydrogen) atoms. The van der Waals surface area contributed by atoms with E-state index in [1.54, 1.807) is 0 Å². The van der Waals surface area contributed by atoms with Crippen LogP contribution in [0.2, 0.25) is 0 Å². The van der Waals surface area contributed by atoms with E-state index in [2.05, 4.69) is 27.2 Å². The zero-order valence-electron chi connectivity index (χ0n) is 11.6. The Kier molecular flexibility index (Phi) is 5.68. The SMILES string of the molecule is C#CCOc1ccc(Br)cc1CNC1CCS(=O)(=O)CC1. The molecular formula is C15H18BrNO3S. The van der Waals surface area contributed by atoms with Crippen LogP contribution < -0.4 is 10.1 Å². The molecular weight excluding hydrogens is 354 g/mol. The topological polar surface area (TPSA) is 55.4 Å². The van der Waals surface area contributed by atoms with Gasteiger partial charge in [-0.25, -0.2) is 8.42 Å². The van der Waals surface area contributed by atoms with E-state index >= 15 is 0 Å². The Bertz CT molecular complexity index is 623. The van der Waals surface area contributed by atoms with Crippen molar-refractivity contribution in [3.05, 3.63) is 28.2 Å². The zero-order valence-corrected chi connectivity index (χ0v) is 14.0. The van der Waals surface area contributed by atoms with Crippen LogP contribution in [0, 0.1) is 12.3 Å². The van der Waals surface area contributed by atoms with Gasteiger partial charge in [0.25, 0.3) is 0 Å². The maximum Gasteiger partial charge on any atom is 0.150 e. The van der Waals surface area contributed by atoms with E-state index in [1.165, 1.54) is 0 Å². The first-order valence-corrected chi connectivity index (χ1v) is 9.40. The highest BCUT2D eigenvalue weighted by Gasteiger charge is 2.23. The molecule has 1 aromatic rings. The molecule has 114 valence electrons. The zero-order chi connectivity index (χ0) is 15.3. The molecule has 0 spiro atoms. The van der Waals surface area contributed by atoms with Crippen molar-refractivity contribution < 1.29 is 13.2 Å². The molecule has 0 unspecified atom stereocenters. The second kappa shape index (κ2) is 7.30. The van der Waals surface area contributed by atoms with Gasteiger partial charge in [0, 0.05) is 22.6 Å². The Morgan fingerprint density at radius 1 is 1.38 bits per heavy atom. The fraction of sp³-hybridized carbons (Fsp3) is 0.467. The van der Waals surface area contributed by atoms with Gasteiger partial charge in [-0.3, -0.25) is 0 Å². The number of halogens is 1. The summed E-state index contributed by atoms with van der Waals surface area (Å²) in [5.74, 6) is 3.74. The van der Waals surface area contributed by atoms with Crippen LogP contribution in [-0.2, 0) is 16.4 Å². The second-order valence-electron chi connectivity index (χ2n) is 5.05. The van der Waals surface area contributed by atoms with Crippen LogP contribution in [0.5, 0.6) is 5.75 Å². The van der Waals surface area contributed by atoms with Gasteiger partial charge in [0.05, 0.1) is 11.5 Å². The molecule has 6 heteroatoms. The predicted molar refractivity (Wildman–Crippen MR) is 87.0 cm³/mol. The molecule has 1 aliphatic heterocycles. The van der Waals surface area contributed by atoms with E-state index in [0.29, 0.717) is 19.4 Å². The third-order valence-corrected chi connectivity index (χ3v) is 5.68. The largest absolute Gasteiger partial charge is 0.481 e. The fourth-order valence-corrected chi connectivity index (χ4v) is 4.19. The molecule has 1 N–H and O–H groups in total. The summed E-state index contributed by atoms with van der Waals surface area (Å²) in [5.41, 5.74) is 1.01. The number of hydrogen-bond acceptors (Lipinski definition) is 4. The van der Waals surface area contributed by atoms with Crippen LogP contribution in [-0.4, -0.2) is 32.6 Å². The lowest BCUT2D eigenvalue weighted by Crippen LogP contribution is -2.37. The van der Waals surface area contributed by atoms with Crippen molar-refractivity contribution in [3.63, 3.8) is 0 Å². The highest BCUT2D eigenvalue weighted by molar-refractivity contribution is 9.10. The molecule has 0 aliphatic carbocycles. The standard InChI is InChI=1S/C15H18BrNO3S/c1-2-7-20-15-4-3-13(16)10-12(15)11-17-14-5-8-21(18,19)9-6-14/h1,3-4,10,14,17H,5-9,11H2. The van der Waals surface area contributed by atoms with Gasteiger partial charge in [0.15, 0.2) is 0 Å². The Morgan fingerprint density at radius 3 is 2.76 bits per heavy atom. The van der Waals surface area contributed by atoms with Crippen molar-refractivity contribution in [1.82, 2.24) is 5.32 Å². The summed E-state index contributed by atoms with van der Waals surface area (Å²) < 4.78 is 29.3. The number of sulfone groups is 1. The van der Waals surface area contributed by atoms with Gasteiger partial charge in [-0.05, 0) is 31.0 Å². The average Bonchev–Trinajstić information content (AvgIpc) is 2.45. The third-order valence-electron chi connectivity index (χ3n) is 3.47. The molecule has 0 bridgehead atoms. The molecule has 0 atom stereocenters. The van der Waals surface area contributed by atoms with Crippen molar-refractivity contribution in [1.29, 1.82) is 0 Å². The second-order valence-corrected chi connectivity index (χ2v) is 8.27. The fourth-order valence-electron chi connectivity index (χ4n) is 2.29. The van der Waals surface area contributed by atoms with Crippen molar-refractivity contribution in [2.45, 2.75) is 25.4 Å². The van der Waals surface area contributed by atoms with Crippen LogP contribution in [0.3, 0.4) is 0 Å². The van der Waals surface area contributed by atoms with Crippen LogP contribution in [0.1, 0.15) is 18.4 Å². The maximum atomic E-state index is 11.4. The van der Waals surface area contributed by atoms with Crippen molar-refractivity contribution in [3.8, 4) is 18.1 Å². The lowest BCUT2D eigenvalue weighted by atomic mass is 10.1. The molecule has 0 radical (unpaired) electrons. The van der Waals surface area contributed by atoms with E-state index in [0.717, 1.165) is 15.8 Å². The number of terminal acetylenes is 1. The Balaban J connectivity index is 1.96. The molecule has 0 saturated carbocycles. The lowest BCUT2D eigenvalue weighted by Gasteiger charge is -2.23. The number of benzene rings is 1. The normalized spacial score (nSPS) is 18.1. The lowest BCUT2D eigenvalue weighted by molar-refractivity contribution is 0.362. The van der Waals surface area contributed by atoms with Gasteiger partial charge in [-0.1, -0.05) is 21.9 Å². The minimum absolute atomic E-state index is 0.230. The monoisotopic (exact) mass is 371 g/mol. The molecule has 4 nitrogen and oxygen atoms in total. The number of ether oxygens (including phenoxy) is 1. The van der Waals surface area contributed by atoms with E-state index in [-0.39, 0.29) is 24.2 Å². The number of nitrogens with one attached hydrogen (secondary N) is 1. The molecule has 1 aromatic carbocycles. The van der Waals surface area contributed by atoms with Gasteiger partial charge < -0.3 is 10.1 Å². The van der Waals surface area contributed by atoms with Crippen LogP contribution in [0.15, 0.2) is 22.7 Å². The summed E-state index contributed by atoms with van der Waals surface area (Å²) in [6.07, 6.45) is 6.54. The summed E-state index contributed by atoms with van der Waals surface area (Å²) in [6.45, 7) is 0.861. The first-order valence-electron chi connectivity index (χ1n) is 6.79. The first-order chi connectivity index (χ1) is 10.00. The van der Waals surface area contributed by atoms with Crippen LogP contribution >= 0.6 is 15.9 Å². The third kappa shape index (κ3) is 5.03. The quantitative estimate of drug-likeness (QED) is 0.805. The van der Waals surface area contributed by atoms with Gasteiger partial charge >= 0.3 is 0 Å². The Morgan fingerprint density at radius 2 is 2.10 bits per heavy atom. The highest BCUT2D eigenvalue weighted by atomic mass is 79.9. The van der Waals surface area contributed by atoms with Crippen LogP contribution in [0.4, 0.5) is 0 Å². The van der Waals surface area contributed by atoms with E-state index in [9.17, 15) is 8.42 Å². The van der Waals surface area contributed by atoms with Gasteiger partial charge in [-0.15, -0.1) is 6.42 Å². The van der Waals surface area contributed by atoms with Crippen LogP contribution in [0.25, 0.3) is 0 Å². The minimum Gasteiger partial charge on any atom is -0.481 e. The predicted octanol–water partition coefficient (Wildman–Crippen LogP) is 2.13. The number of hydrogen-bond donors (Lipinski definition) is 1. The Labute approximate surface area is 134 Å². The maximum absolute atomic E-state index is 11.4. The van der Waals surface area contributed by atoms with Crippen molar-refractivity contribution in [2.75, 3.05) is 18.1 Å². The summed E-state index contributed by atoms with van der Waals surface area (Å²) in [5, 5.41) is 3.40. The van der Waals surface area contributed by atoms with Gasteiger partial charge in [-0.2, -0.15) is 0 Å². The highest BCUT2D eigenvalue weighted by Crippen LogP contribution is 2.24. The molecule has 0 amide bonds. The van der Waals surface area contributed by atoms with E-state index in [4.69, 9.17) is 11.2 Å². The molecule has 1 aliphatic rings. The smallest absolute Gasteiger partial charge is 0.150 e. The summed E-state index contributed by atoms with van der Waals surface area (Å²) in [4.78, 5) is 0. The summed E-state index contributed by atoms with van der Waals surface area (Å²) in [7, 11) is -2.82. The average molecular weight is 372 g/mol. The molecule has 0 aromatic heterocycles. The molecule has 1 saturated heterocycles. The van der Waals surface area contributed by atoms with Gasteiger partial charge in [0.1, 0.15) is 22.2 Å². The van der Waals surface area contributed by atoms with E-state index < -0.39 is 9.84 Å². The number of rotatable bonds is 5. The first kappa shape index (κ1) is 16.3. The summed E-state index contributed by atoms with van der Waals surface area (Å²) in [6, 6.07) is 6.00. The molecule has 1 heterocycles. The van der Waals surface area contributed by atoms with Crippen molar-refractivity contribution in [2.24, 2.45) is 0 Å². The van der Waals surface area contributed by atoms with Gasteiger partial charge in [0.2, 0.25) is 0 Å². The minimum atomic E-state index is -2.82. The molecule has 1 fully saturated rings.